The molecule has 0 saturated carbocycles. The van der Waals surface area contributed by atoms with Crippen LogP contribution >= 0.6 is 11.8 Å². The number of benzene rings is 1. The third-order valence-corrected chi connectivity index (χ3v) is 4.90. The van der Waals surface area contributed by atoms with Crippen LogP contribution in [0.1, 0.15) is 37.9 Å². The van der Waals surface area contributed by atoms with E-state index in [2.05, 4.69) is 19.2 Å². The molecule has 0 fully saturated rings. The molecule has 132 valence electrons. The number of anilines is 1. The van der Waals surface area contributed by atoms with Crippen molar-refractivity contribution in [2.24, 2.45) is 14.1 Å². The zero-order valence-corrected chi connectivity index (χ0v) is 15.8. The minimum atomic E-state index is -0.594. The number of nitrogens with zero attached hydrogens (tertiary/aromatic N) is 3. The zero-order valence-electron chi connectivity index (χ0n) is 15.0. The molecule has 0 aliphatic rings. The second-order valence-electron chi connectivity index (χ2n) is 6.14. The van der Waals surface area contributed by atoms with Gasteiger partial charge in [0.05, 0.1) is 0 Å². The molecule has 0 amide bonds. The minimum absolute atomic E-state index is 0.0663. The fourth-order valence-corrected chi connectivity index (χ4v) is 3.35. The van der Waals surface area contributed by atoms with Crippen molar-refractivity contribution in [3.63, 3.8) is 0 Å². The molecule has 2 aromatic rings. The molecule has 0 aliphatic carbocycles. The summed E-state index contributed by atoms with van der Waals surface area (Å²) in [4.78, 5) is 25.4. The first-order chi connectivity index (χ1) is 11.8. The second kappa shape index (κ2) is 7.62. The van der Waals surface area contributed by atoms with Crippen LogP contribution < -0.4 is 16.6 Å². The first-order valence-corrected chi connectivity index (χ1v) is 8.87. The average molecular weight is 358 g/mol. The minimum Gasteiger partial charge on any atom is -0.364 e. The van der Waals surface area contributed by atoms with E-state index < -0.39 is 11.2 Å². The van der Waals surface area contributed by atoms with Gasteiger partial charge < -0.3 is 5.32 Å². The van der Waals surface area contributed by atoms with Gasteiger partial charge in [-0.1, -0.05) is 26.0 Å². The average Bonchev–Trinajstić information content (AvgIpc) is 2.58. The van der Waals surface area contributed by atoms with E-state index in [0.717, 1.165) is 10.1 Å². The maximum atomic E-state index is 12.1. The largest absolute Gasteiger partial charge is 0.364 e. The standard InChI is InChI=1S/C18H22N4O2S/c1-11(2)25-14-8-6-13(7-9-14)12(3)20-16-15(10-19)17(23)22(5)18(24)21(16)4/h6-9,11-12,20H,1-5H3. The monoisotopic (exact) mass is 358 g/mol. The van der Waals surface area contributed by atoms with Gasteiger partial charge in [-0.05, 0) is 24.6 Å². The summed E-state index contributed by atoms with van der Waals surface area (Å²) < 4.78 is 2.23. The van der Waals surface area contributed by atoms with Gasteiger partial charge in [0.15, 0.2) is 5.56 Å². The van der Waals surface area contributed by atoms with Gasteiger partial charge in [0.1, 0.15) is 11.9 Å². The van der Waals surface area contributed by atoms with Crippen molar-refractivity contribution < 1.29 is 0 Å². The third kappa shape index (κ3) is 3.97. The zero-order chi connectivity index (χ0) is 18.7. The fraction of sp³-hybridized carbons (Fsp3) is 0.389. The maximum absolute atomic E-state index is 12.1. The van der Waals surface area contributed by atoms with Crippen molar-refractivity contribution >= 4 is 17.6 Å². The van der Waals surface area contributed by atoms with Gasteiger partial charge in [-0.3, -0.25) is 13.9 Å². The molecule has 1 aromatic heterocycles. The molecule has 6 nitrogen and oxygen atoms in total. The van der Waals surface area contributed by atoms with E-state index in [0.29, 0.717) is 5.25 Å². The number of rotatable bonds is 5. The summed E-state index contributed by atoms with van der Waals surface area (Å²) in [6.45, 7) is 6.21. The normalized spacial score (nSPS) is 12.0. The molecule has 1 unspecified atom stereocenters. The van der Waals surface area contributed by atoms with Gasteiger partial charge in [-0.15, -0.1) is 11.8 Å². The van der Waals surface area contributed by atoms with Gasteiger partial charge in [0.2, 0.25) is 0 Å². The summed E-state index contributed by atoms with van der Waals surface area (Å²) >= 11 is 1.78. The number of hydrogen-bond donors (Lipinski definition) is 1. The predicted octanol–water partition coefficient (Wildman–Crippen LogP) is 2.63. The van der Waals surface area contributed by atoms with Crippen LogP contribution in [0.4, 0.5) is 5.82 Å². The smallest absolute Gasteiger partial charge is 0.332 e. The Kier molecular flexibility index (Phi) is 5.75. The molecule has 1 N–H and O–H groups in total. The number of nitrogens with one attached hydrogen (secondary N) is 1. The lowest BCUT2D eigenvalue weighted by Gasteiger charge is -2.19. The van der Waals surface area contributed by atoms with Crippen molar-refractivity contribution in [2.45, 2.75) is 37.0 Å². The molecular formula is C18H22N4O2S. The van der Waals surface area contributed by atoms with E-state index in [-0.39, 0.29) is 17.4 Å². The molecular weight excluding hydrogens is 336 g/mol. The molecule has 0 spiro atoms. The van der Waals surface area contributed by atoms with Crippen LogP contribution in [0.2, 0.25) is 0 Å². The Morgan fingerprint density at radius 2 is 1.68 bits per heavy atom. The molecule has 1 heterocycles. The Morgan fingerprint density at radius 3 is 2.20 bits per heavy atom. The van der Waals surface area contributed by atoms with Gasteiger partial charge in [0, 0.05) is 30.3 Å². The fourth-order valence-electron chi connectivity index (χ4n) is 2.51. The summed E-state index contributed by atoms with van der Waals surface area (Å²) in [6.07, 6.45) is 0. The van der Waals surface area contributed by atoms with Crippen molar-refractivity contribution in [3.8, 4) is 6.07 Å². The van der Waals surface area contributed by atoms with Crippen LogP contribution in [0.15, 0.2) is 38.8 Å². The van der Waals surface area contributed by atoms with Crippen LogP contribution in [0.5, 0.6) is 0 Å². The third-order valence-electron chi connectivity index (χ3n) is 3.88. The lowest BCUT2D eigenvalue weighted by molar-refractivity contribution is 0.678. The van der Waals surface area contributed by atoms with Crippen LogP contribution in [0.3, 0.4) is 0 Å². The molecule has 2 rings (SSSR count). The molecule has 1 atom stereocenters. The number of aromatic nitrogens is 2. The maximum Gasteiger partial charge on any atom is 0.332 e. The molecule has 0 bridgehead atoms. The Balaban J connectivity index is 2.35. The van der Waals surface area contributed by atoms with E-state index in [9.17, 15) is 14.9 Å². The van der Waals surface area contributed by atoms with E-state index >= 15 is 0 Å². The van der Waals surface area contributed by atoms with Gasteiger partial charge in [-0.2, -0.15) is 5.26 Å². The van der Waals surface area contributed by atoms with Crippen LogP contribution in [-0.4, -0.2) is 14.4 Å². The number of nitriles is 1. The number of hydrogen-bond acceptors (Lipinski definition) is 5. The Morgan fingerprint density at radius 1 is 1.08 bits per heavy atom. The Labute approximate surface area is 151 Å². The topological polar surface area (TPSA) is 79.8 Å². The van der Waals surface area contributed by atoms with Crippen LogP contribution in [-0.2, 0) is 14.1 Å². The summed E-state index contributed by atoms with van der Waals surface area (Å²) in [7, 11) is 2.91. The Bertz CT molecular complexity index is 920. The highest BCUT2D eigenvalue weighted by Gasteiger charge is 2.17. The highest BCUT2D eigenvalue weighted by Crippen LogP contribution is 2.26. The first-order valence-electron chi connectivity index (χ1n) is 7.99. The highest BCUT2D eigenvalue weighted by atomic mass is 32.2. The molecule has 0 aliphatic heterocycles. The van der Waals surface area contributed by atoms with E-state index in [1.54, 1.807) is 18.8 Å². The van der Waals surface area contributed by atoms with E-state index in [1.807, 2.05) is 37.3 Å². The molecule has 25 heavy (non-hydrogen) atoms. The van der Waals surface area contributed by atoms with Gasteiger partial charge in [-0.25, -0.2) is 4.79 Å². The van der Waals surface area contributed by atoms with Crippen molar-refractivity contribution in [3.05, 3.63) is 56.2 Å². The Hall–Kier alpha value is -2.46. The van der Waals surface area contributed by atoms with Crippen LogP contribution in [0, 0.1) is 11.3 Å². The van der Waals surface area contributed by atoms with E-state index in [1.165, 1.54) is 16.5 Å². The lowest BCUT2D eigenvalue weighted by atomic mass is 10.1. The molecule has 0 radical (unpaired) electrons. The summed E-state index contributed by atoms with van der Waals surface area (Å²) in [5, 5.41) is 13.0. The van der Waals surface area contributed by atoms with Crippen molar-refractivity contribution in [1.29, 1.82) is 5.26 Å². The van der Waals surface area contributed by atoms with Gasteiger partial charge in [0.25, 0.3) is 5.56 Å². The highest BCUT2D eigenvalue weighted by molar-refractivity contribution is 7.99. The second-order valence-corrected chi connectivity index (χ2v) is 7.79. The summed E-state index contributed by atoms with van der Waals surface area (Å²) in [6, 6.07) is 9.85. The lowest BCUT2D eigenvalue weighted by Crippen LogP contribution is -2.40. The molecule has 7 heteroatoms. The predicted molar refractivity (Wildman–Crippen MR) is 101 cm³/mol. The quantitative estimate of drug-likeness (QED) is 0.831. The molecule has 0 saturated heterocycles. The van der Waals surface area contributed by atoms with Crippen molar-refractivity contribution in [1.82, 2.24) is 9.13 Å². The van der Waals surface area contributed by atoms with Crippen LogP contribution in [0.25, 0.3) is 0 Å². The van der Waals surface area contributed by atoms with Gasteiger partial charge >= 0.3 is 5.69 Å². The van der Waals surface area contributed by atoms with Crippen molar-refractivity contribution in [2.75, 3.05) is 5.32 Å². The SMILES string of the molecule is CC(C)Sc1ccc(C(C)Nc2c(C#N)c(=O)n(C)c(=O)n2C)cc1. The molecule has 1 aromatic carbocycles. The first kappa shape index (κ1) is 18.9. The number of thioether (sulfide) groups is 1. The summed E-state index contributed by atoms with van der Waals surface area (Å²) in [5.41, 5.74) is -0.125. The summed E-state index contributed by atoms with van der Waals surface area (Å²) in [5.74, 6) is 0.240. The van der Waals surface area contributed by atoms with E-state index in [4.69, 9.17) is 0 Å².